The van der Waals surface area contributed by atoms with Crippen LogP contribution >= 0.6 is 11.6 Å². The van der Waals surface area contributed by atoms with Crippen molar-refractivity contribution in [1.82, 2.24) is 25.1 Å². The van der Waals surface area contributed by atoms with Crippen molar-refractivity contribution in [2.75, 3.05) is 41.4 Å². The third kappa shape index (κ3) is 6.35. The summed E-state index contributed by atoms with van der Waals surface area (Å²) in [6, 6.07) is 0.650. The monoisotopic (exact) mass is 592 g/mol. The Labute approximate surface area is 226 Å². The zero-order valence-electron chi connectivity index (χ0n) is 20.3. The molecule has 0 saturated carbocycles. The fraction of sp³-hybridized carbons (Fsp3) is 0.364. The van der Waals surface area contributed by atoms with Gasteiger partial charge in [-0.05, 0) is 6.92 Å². The van der Waals surface area contributed by atoms with Crippen molar-refractivity contribution in [2.24, 2.45) is 0 Å². The zero-order chi connectivity index (χ0) is 29.2. The predicted molar refractivity (Wildman–Crippen MR) is 129 cm³/mol. The Kier molecular flexibility index (Phi) is 8.04. The minimum absolute atomic E-state index is 0.0453. The van der Waals surface area contributed by atoms with Crippen LogP contribution in [0.2, 0.25) is 5.02 Å². The zero-order valence-corrected chi connectivity index (χ0v) is 21.1. The molecule has 4 heterocycles. The number of amides is 1. The van der Waals surface area contributed by atoms with Crippen LogP contribution in [0, 0.1) is 0 Å². The van der Waals surface area contributed by atoms with E-state index in [1.807, 2.05) is 0 Å². The molecule has 0 spiro atoms. The first-order valence-electron chi connectivity index (χ1n) is 11.4. The highest BCUT2D eigenvalue weighted by atomic mass is 35.5. The molecule has 18 heteroatoms. The van der Waals surface area contributed by atoms with Crippen LogP contribution in [-0.4, -0.2) is 63.3 Å². The number of aromatic amines is 1. The molecule has 1 fully saturated rings. The Bertz CT molecular complexity index is 1430. The number of rotatable bonds is 7. The van der Waals surface area contributed by atoms with Gasteiger partial charge in [-0.1, -0.05) is 11.6 Å². The molecule has 11 nitrogen and oxygen atoms in total. The summed E-state index contributed by atoms with van der Waals surface area (Å²) >= 11 is 6.42. The largest absolute Gasteiger partial charge is 0.490 e. The average Bonchev–Trinajstić information content (AvgIpc) is 2.87. The van der Waals surface area contributed by atoms with E-state index in [-0.39, 0.29) is 48.8 Å². The molecule has 1 amide bonds. The smallest absolute Gasteiger partial charge is 0.423 e. The molecule has 1 atom stereocenters. The molecule has 214 valence electrons. The maximum absolute atomic E-state index is 13.3. The first-order chi connectivity index (χ1) is 18.8. The molecule has 1 aliphatic rings. The second-order valence-electron chi connectivity index (χ2n) is 8.53. The quantitative estimate of drug-likeness (QED) is 0.397. The SMILES string of the molecule is C[C@@H](COc1ccnc(N2CCN(c3ncc(C(F)(F)F)cn3)CC2=O)c1Cl)Nc1cn[nH]c(=O)c1C(F)(F)F. The Morgan fingerprint density at radius 3 is 2.40 bits per heavy atom. The van der Waals surface area contributed by atoms with Gasteiger partial charge in [0.2, 0.25) is 11.9 Å². The van der Waals surface area contributed by atoms with Gasteiger partial charge in [0.25, 0.3) is 5.56 Å². The van der Waals surface area contributed by atoms with Crippen LogP contribution in [0.1, 0.15) is 18.1 Å². The topological polar surface area (TPSA) is 129 Å². The van der Waals surface area contributed by atoms with Gasteiger partial charge >= 0.3 is 12.4 Å². The second-order valence-corrected chi connectivity index (χ2v) is 8.90. The molecule has 0 unspecified atom stereocenters. The first-order valence-corrected chi connectivity index (χ1v) is 11.8. The molecule has 1 aliphatic heterocycles. The molecule has 3 aromatic rings. The summed E-state index contributed by atoms with van der Waals surface area (Å²) < 4.78 is 83.7. The molecule has 0 aromatic carbocycles. The number of nitrogens with zero attached hydrogens (tertiary/aromatic N) is 6. The minimum Gasteiger partial charge on any atom is -0.490 e. The Hall–Kier alpha value is -4.15. The molecular weight excluding hydrogens is 574 g/mol. The number of anilines is 3. The lowest BCUT2D eigenvalue weighted by Gasteiger charge is -2.34. The van der Waals surface area contributed by atoms with Crippen LogP contribution in [0.4, 0.5) is 43.8 Å². The molecule has 0 bridgehead atoms. The molecule has 0 aliphatic carbocycles. The maximum Gasteiger partial charge on any atom is 0.423 e. The molecule has 4 rings (SSSR count). The summed E-state index contributed by atoms with van der Waals surface area (Å²) in [5, 5.41) is 7.62. The van der Waals surface area contributed by atoms with Gasteiger partial charge in [-0.25, -0.2) is 20.1 Å². The van der Waals surface area contributed by atoms with Crippen molar-refractivity contribution in [1.29, 1.82) is 0 Å². The Balaban J connectivity index is 1.41. The third-order valence-electron chi connectivity index (χ3n) is 5.59. The lowest BCUT2D eigenvalue weighted by molar-refractivity contribution is -0.139. The third-order valence-corrected chi connectivity index (χ3v) is 5.95. The highest BCUT2D eigenvalue weighted by Gasteiger charge is 2.38. The number of carbonyl (C=O) groups is 1. The van der Waals surface area contributed by atoms with Crippen LogP contribution in [0.5, 0.6) is 5.75 Å². The van der Waals surface area contributed by atoms with Gasteiger partial charge < -0.3 is 15.0 Å². The Morgan fingerprint density at radius 1 is 1.07 bits per heavy atom. The van der Waals surface area contributed by atoms with Crippen LogP contribution in [0.25, 0.3) is 0 Å². The maximum atomic E-state index is 13.3. The van der Waals surface area contributed by atoms with Gasteiger partial charge in [0, 0.05) is 37.7 Å². The van der Waals surface area contributed by atoms with Crippen molar-refractivity contribution in [3.63, 3.8) is 0 Å². The van der Waals surface area contributed by atoms with Crippen LogP contribution in [0.15, 0.2) is 35.6 Å². The van der Waals surface area contributed by atoms with E-state index in [2.05, 4.69) is 25.4 Å². The second kappa shape index (κ2) is 11.1. The van der Waals surface area contributed by atoms with Gasteiger partial charge in [-0.2, -0.15) is 31.4 Å². The number of H-pyrrole nitrogens is 1. The number of pyridine rings is 1. The summed E-state index contributed by atoms with van der Waals surface area (Å²) in [7, 11) is 0. The minimum atomic E-state index is -4.92. The molecule has 1 saturated heterocycles. The fourth-order valence-corrected chi connectivity index (χ4v) is 3.99. The van der Waals surface area contributed by atoms with E-state index in [0.29, 0.717) is 12.4 Å². The molecule has 2 N–H and O–H groups in total. The van der Waals surface area contributed by atoms with Gasteiger partial charge in [0.1, 0.15) is 29.5 Å². The lowest BCUT2D eigenvalue weighted by atomic mass is 10.2. The number of hydrogen-bond donors (Lipinski definition) is 2. The van der Waals surface area contributed by atoms with Crippen molar-refractivity contribution in [3.05, 3.63) is 57.4 Å². The summed E-state index contributed by atoms with van der Waals surface area (Å²) in [4.78, 5) is 38.7. The average molecular weight is 593 g/mol. The van der Waals surface area contributed by atoms with Gasteiger partial charge in [-0.15, -0.1) is 0 Å². The number of piperazine rings is 1. The number of ether oxygens (including phenoxy) is 1. The van der Waals surface area contributed by atoms with E-state index in [1.165, 1.54) is 29.0 Å². The van der Waals surface area contributed by atoms with E-state index in [9.17, 15) is 35.9 Å². The van der Waals surface area contributed by atoms with Crippen molar-refractivity contribution >= 4 is 35.0 Å². The van der Waals surface area contributed by atoms with Crippen molar-refractivity contribution in [2.45, 2.75) is 25.3 Å². The summed E-state index contributed by atoms with van der Waals surface area (Å²) in [6.45, 7) is 1.25. The predicted octanol–water partition coefficient (Wildman–Crippen LogP) is 3.38. The molecule has 40 heavy (non-hydrogen) atoms. The van der Waals surface area contributed by atoms with E-state index >= 15 is 0 Å². The lowest BCUT2D eigenvalue weighted by Crippen LogP contribution is -2.51. The van der Waals surface area contributed by atoms with E-state index in [0.717, 1.165) is 6.20 Å². The van der Waals surface area contributed by atoms with Crippen molar-refractivity contribution < 1.29 is 35.9 Å². The van der Waals surface area contributed by atoms with Crippen molar-refractivity contribution in [3.8, 4) is 5.75 Å². The summed E-state index contributed by atoms with van der Waals surface area (Å²) in [6.07, 6.45) is -6.11. The molecule has 0 radical (unpaired) electrons. The fourth-order valence-electron chi connectivity index (χ4n) is 3.72. The number of hydrogen-bond acceptors (Lipinski definition) is 9. The number of nitrogens with one attached hydrogen (secondary N) is 2. The van der Waals surface area contributed by atoms with Crippen LogP contribution in [-0.2, 0) is 17.1 Å². The highest BCUT2D eigenvalue weighted by molar-refractivity contribution is 6.35. The van der Waals surface area contributed by atoms with Crippen LogP contribution in [0.3, 0.4) is 0 Å². The Morgan fingerprint density at radius 2 is 1.77 bits per heavy atom. The van der Waals surface area contributed by atoms with E-state index < -0.39 is 46.7 Å². The van der Waals surface area contributed by atoms with Gasteiger partial charge in [-0.3, -0.25) is 14.5 Å². The normalized spacial score (nSPS) is 15.2. The van der Waals surface area contributed by atoms with Crippen LogP contribution < -0.4 is 25.4 Å². The summed E-state index contributed by atoms with van der Waals surface area (Å²) in [5.74, 6) is -0.404. The highest BCUT2D eigenvalue weighted by Crippen LogP contribution is 2.35. The van der Waals surface area contributed by atoms with Gasteiger partial charge in [0.15, 0.2) is 5.82 Å². The standard InChI is InChI=1S/C22H19ClF6N8O3/c1-11(34-13-8-33-35-19(39)16(13)22(27,28)29)10-40-14-2-3-30-18(17(14)23)37-5-4-36(9-15(37)38)20-31-6-12(7-32-20)21(24,25)26/h2-3,6-8,11H,4-5,9-10H2,1H3,(H2,34,35,39)/t11-/m0/s1. The molecule has 3 aromatic heterocycles. The summed E-state index contributed by atoms with van der Waals surface area (Å²) in [5.41, 5.74) is -4.39. The number of aromatic nitrogens is 5. The van der Waals surface area contributed by atoms with Gasteiger partial charge in [0.05, 0.1) is 23.5 Å². The van der Waals surface area contributed by atoms with E-state index in [1.54, 1.807) is 5.10 Å². The number of alkyl halides is 6. The van der Waals surface area contributed by atoms with E-state index in [4.69, 9.17) is 16.3 Å². The first kappa shape index (κ1) is 28.8. The number of halogens is 7. The molecular formula is C22H19ClF6N8O3. The number of carbonyl (C=O) groups excluding carboxylic acids is 1.